The van der Waals surface area contributed by atoms with Crippen LogP contribution in [0.25, 0.3) is 17.0 Å². The van der Waals surface area contributed by atoms with Gasteiger partial charge in [-0.15, -0.1) is 0 Å². The van der Waals surface area contributed by atoms with Crippen LogP contribution in [0.1, 0.15) is 15.9 Å². The highest BCUT2D eigenvalue weighted by Gasteiger charge is 2.13. The first-order valence-corrected chi connectivity index (χ1v) is 7.55. The molecule has 0 bridgehead atoms. The molecule has 25 heavy (non-hydrogen) atoms. The summed E-state index contributed by atoms with van der Waals surface area (Å²) in [6.07, 6.45) is 4.23. The highest BCUT2D eigenvalue weighted by molar-refractivity contribution is 6.32. The maximum absolute atomic E-state index is 12.5. The molecule has 122 valence electrons. The van der Waals surface area contributed by atoms with Gasteiger partial charge in [0, 0.05) is 23.7 Å². The van der Waals surface area contributed by atoms with Gasteiger partial charge in [-0.2, -0.15) is 5.26 Å². The number of carbonyl (C=O) groups excluding carboxylic acids is 1. The summed E-state index contributed by atoms with van der Waals surface area (Å²) >= 11 is 5.77. The van der Waals surface area contributed by atoms with E-state index in [-0.39, 0.29) is 16.6 Å². The molecule has 1 aromatic heterocycles. The number of nitriles is 1. The van der Waals surface area contributed by atoms with Gasteiger partial charge in [0.1, 0.15) is 11.1 Å². The highest BCUT2D eigenvalue weighted by Crippen LogP contribution is 2.26. The molecule has 2 aromatic carbocycles. The maximum atomic E-state index is 12.5. The summed E-state index contributed by atoms with van der Waals surface area (Å²) in [5.41, 5.74) is 1.27. The molecule has 3 rings (SSSR count). The predicted octanol–water partition coefficient (Wildman–Crippen LogP) is 4.43. The summed E-state index contributed by atoms with van der Waals surface area (Å²) in [4.78, 5) is 22.8. The van der Waals surface area contributed by atoms with Crippen molar-refractivity contribution in [1.29, 1.82) is 5.26 Å². The normalized spacial score (nSPS) is 10.9. The minimum Gasteiger partial charge on any atom is -0.282 e. The molecular formula is C18H10ClN3O3. The number of carbonyl (C=O) groups is 1. The molecule has 3 aromatic rings. The van der Waals surface area contributed by atoms with Crippen LogP contribution in [0.15, 0.2) is 54.7 Å². The first-order valence-electron chi connectivity index (χ1n) is 7.18. The molecule has 0 amide bonds. The average molecular weight is 352 g/mol. The summed E-state index contributed by atoms with van der Waals surface area (Å²) in [5.74, 6) is -0.365. The number of nitro groups is 1. The van der Waals surface area contributed by atoms with Crippen molar-refractivity contribution in [1.82, 2.24) is 4.57 Å². The second-order valence-electron chi connectivity index (χ2n) is 5.18. The van der Waals surface area contributed by atoms with E-state index in [9.17, 15) is 20.2 Å². The van der Waals surface area contributed by atoms with Crippen molar-refractivity contribution in [2.24, 2.45) is 0 Å². The van der Waals surface area contributed by atoms with Crippen LogP contribution in [-0.2, 0) is 0 Å². The van der Waals surface area contributed by atoms with Crippen LogP contribution in [-0.4, -0.2) is 15.4 Å². The fourth-order valence-electron chi connectivity index (χ4n) is 2.47. The van der Waals surface area contributed by atoms with E-state index < -0.39 is 4.92 Å². The lowest BCUT2D eigenvalue weighted by Crippen LogP contribution is -2.05. The Labute approximate surface area is 147 Å². The van der Waals surface area contributed by atoms with E-state index in [0.717, 1.165) is 0 Å². The number of nitro benzene ring substituents is 1. The molecule has 0 atom stereocenters. The molecule has 0 radical (unpaired) electrons. The van der Waals surface area contributed by atoms with Crippen molar-refractivity contribution in [3.63, 3.8) is 0 Å². The van der Waals surface area contributed by atoms with Crippen molar-refractivity contribution in [2.75, 3.05) is 0 Å². The van der Waals surface area contributed by atoms with E-state index in [1.54, 1.807) is 30.3 Å². The Morgan fingerprint density at radius 3 is 2.76 bits per heavy atom. The van der Waals surface area contributed by atoms with Crippen LogP contribution in [0.5, 0.6) is 0 Å². The Kier molecular flexibility index (Phi) is 4.33. The first-order chi connectivity index (χ1) is 12.0. The molecule has 0 saturated carbocycles. The van der Waals surface area contributed by atoms with Gasteiger partial charge >= 0.3 is 0 Å². The molecule has 6 nitrogen and oxygen atoms in total. The second kappa shape index (κ2) is 6.59. The van der Waals surface area contributed by atoms with E-state index >= 15 is 0 Å². The van der Waals surface area contributed by atoms with Gasteiger partial charge in [0.05, 0.1) is 16.0 Å². The lowest BCUT2D eigenvalue weighted by molar-refractivity contribution is -0.384. The number of aromatic nitrogens is 1. The summed E-state index contributed by atoms with van der Waals surface area (Å²) < 4.78 is 1.37. The molecule has 1 heterocycles. The number of nitrogens with zero attached hydrogens (tertiary/aromatic N) is 3. The highest BCUT2D eigenvalue weighted by atomic mass is 35.5. The molecule has 7 heteroatoms. The summed E-state index contributed by atoms with van der Waals surface area (Å²) in [6.45, 7) is 0. The lowest BCUT2D eigenvalue weighted by Gasteiger charge is -2.00. The Hall–Kier alpha value is -3.43. The zero-order valence-corrected chi connectivity index (χ0v) is 13.5. The smallest absolute Gasteiger partial charge is 0.282 e. The summed E-state index contributed by atoms with van der Waals surface area (Å²) in [7, 11) is 0. The van der Waals surface area contributed by atoms with Gasteiger partial charge in [0.2, 0.25) is 0 Å². The van der Waals surface area contributed by atoms with Crippen molar-refractivity contribution in [3.05, 3.63) is 81.0 Å². The Bertz CT molecular complexity index is 1080. The van der Waals surface area contributed by atoms with Gasteiger partial charge in [0.15, 0.2) is 0 Å². The van der Waals surface area contributed by atoms with Gasteiger partial charge in [-0.05, 0) is 23.8 Å². The van der Waals surface area contributed by atoms with E-state index in [2.05, 4.69) is 6.07 Å². The number of para-hydroxylation sites is 1. The van der Waals surface area contributed by atoms with Gasteiger partial charge in [-0.3, -0.25) is 19.5 Å². The average Bonchev–Trinajstić information content (AvgIpc) is 2.99. The molecule has 0 spiro atoms. The number of rotatable bonds is 3. The fourth-order valence-corrected chi connectivity index (χ4v) is 2.66. The maximum Gasteiger partial charge on any atom is 0.288 e. The Balaban J connectivity index is 1.96. The van der Waals surface area contributed by atoms with Crippen molar-refractivity contribution in [2.45, 2.75) is 0 Å². The molecule has 0 fully saturated rings. The summed E-state index contributed by atoms with van der Waals surface area (Å²) in [5, 5.41) is 20.8. The van der Waals surface area contributed by atoms with Crippen LogP contribution in [0.2, 0.25) is 5.02 Å². The fraction of sp³-hybridized carbons (Fsp3) is 0. The van der Waals surface area contributed by atoms with Crippen molar-refractivity contribution >= 4 is 40.2 Å². The van der Waals surface area contributed by atoms with Crippen LogP contribution in [0.3, 0.4) is 0 Å². The minimum atomic E-state index is -0.583. The largest absolute Gasteiger partial charge is 0.288 e. The van der Waals surface area contributed by atoms with Crippen LogP contribution >= 0.6 is 11.6 Å². The summed E-state index contributed by atoms with van der Waals surface area (Å²) in [6, 6.07) is 13.4. The monoisotopic (exact) mass is 351 g/mol. The quantitative estimate of drug-likeness (QED) is 0.396. The van der Waals surface area contributed by atoms with Crippen LogP contribution in [0, 0.1) is 21.4 Å². The van der Waals surface area contributed by atoms with Gasteiger partial charge < -0.3 is 0 Å². The number of halogens is 1. The Morgan fingerprint density at radius 1 is 1.28 bits per heavy atom. The third kappa shape index (κ3) is 3.13. The topological polar surface area (TPSA) is 88.9 Å². The number of fused-ring (bicyclic) bond motifs is 1. The lowest BCUT2D eigenvalue weighted by atomic mass is 10.2. The Morgan fingerprint density at radius 2 is 2.04 bits per heavy atom. The molecule has 0 unspecified atom stereocenters. The van der Waals surface area contributed by atoms with Gasteiger partial charge in [-0.1, -0.05) is 35.9 Å². The molecule has 0 aliphatic rings. The SMILES string of the molecule is N#Cc1cn(C(=O)/C=C/c2ccc(Cl)c([N+](=O)[O-])c2)c2ccccc12. The number of hydrogen-bond donors (Lipinski definition) is 0. The van der Waals surface area contributed by atoms with Crippen molar-refractivity contribution < 1.29 is 9.72 Å². The zero-order chi connectivity index (χ0) is 18.0. The van der Waals surface area contributed by atoms with E-state index in [4.69, 9.17) is 11.6 Å². The third-order valence-electron chi connectivity index (χ3n) is 3.66. The molecular weight excluding hydrogens is 342 g/mol. The third-order valence-corrected chi connectivity index (χ3v) is 3.97. The molecule has 0 saturated heterocycles. The van der Waals surface area contributed by atoms with E-state index in [1.807, 2.05) is 0 Å². The molecule has 0 aliphatic heterocycles. The second-order valence-corrected chi connectivity index (χ2v) is 5.59. The number of hydrogen-bond acceptors (Lipinski definition) is 4. The first kappa shape index (κ1) is 16.4. The number of benzene rings is 2. The van der Waals surface area contributed by atoms with Crippen LogP contribution in [0.4, 0.5) is 5.69 Å². The number of allylic oxidation sites excluding steroid dienone is 1. The molecule has 0 N–H and O–H groups in total. The van der Waals surface area contributed by atoms with Gasteiger partial charge in [0.25, 0.3) is 11.6 Å². The minimum absolute atomic E-state index is 0.0311. The predicted molar refractivity (Wildman–Crippen MR) is 94.4 cm³/mol. The van der Waals surface area contributed by atoms with Gasteiger partial charge in [-0.25, -0.2) is 0 Å². The molecule has 0 aliphatic carbocycles. The van der Waals surface area contributed by atoms with Crippen molar-refractivity contribution in [3.8, 4) is 6.07 Å². The van der Waals surface area contributed by atoms with E-state index in [1.165, 1.54) is 35.0 Å². The standard InChI is InChI=1S/C18H10ClN3O3/c19-15-7-5-12(9-17(15)22(24)25)6-8-18(23)21-11-13(10-20)14-3-1-2-4-16(14)21/h1-9,11H/b8-6+. The van der Waals surface area contributed by atoms with E-state index in [0.29, 0.717) is 22.0 Å². The van der Waals surface area contributed by atoms with Crippen LogP contribution < -0.4 is 0 Å². The zero-order valence-electron chi connectivity index (χ0n) is 12.7.